The first-order valence-corrected chi connectivity index (χ1v) is 12.1. The van der Waals surface area contributed by atoms with E-state index in [2.05, 4.69) is 15.5 Å². The van der Waals surface area contributed by atoms with Crippen molar-refractivity contribution < 1.29 is 23.8 Å². The van der Waals surface area contributed by atoms with Crippen molar-refractivity contribution >= 4 is 35.0 Å². The van der Waals surface area contributed by atoms with Gasteiger partial charge in [-0.05, 0) is 49.4 Å². The van der Waals surface area contributed by atoms with Gasteiger partial charge in [0.15, 0.2) is 16.7 Å². The van der Waals surface area contributed by atoms with Gasteiger partial charge in [0.1, 0.15) is 5.60 Å². The van der Waals surface area contributed by atoms with Gasteiger partial charge >= 0.3 is 6.09 Å². The molecule has 0 saturated carbocycles. The highest BCUT2D eigenvalue weighted by atomic mass is 32.1. The quantitative estimate of drug-likeness (QED) is 0.501. The lowest BCUT2D eigenvalue weighted by molar-refractivity contribution is -0.119. The van der Waals surface area contributed by atoms with Crippen LogP contribution in [0.2, 0.25) is 0 Å². The number of thiocarbonyl (C=S) groups is 1. The fourth-order valence-corrected chi connectivity index (χ4v) is 4.59. The van der Waals surface area contributed by atoms with E-state index in [9.17, 15) is 14.7 Å². The summed E-state index contributed by atoms with van der Waals surface area (Å²) in [6.07, 6.45) is 1.34. The number of hydrogen-bond acceptors (Lipinski definition) is 5. The first-order chi connectivity index (χ1) is 16.8. The number of benzene rings is 2. The van der Waals surface area contributed by atoms with E-state index in [0.717, 1.165) is 25.1 Å². The second-order valence-electron chi connectivity index (χ2n) is 8.99. The molecule has 0 aliphatic carbocycles. The van der Waals surface area contributed by atoms with Crippen molar-refractivity contribution in [1.29, 1.82) is 0 Å². The number of nitrogens with zero attached hydrogens (tertiary/aromatic N) is 2. The third-order valence-corrected chi connectivity index (χ3v) is 6.59. The molecule has 0 aromatic heterocycles. The zero-order valence-corrected chi connectivity index (χ0v) is 20.2. The summed E-state index contributed by atoms with van der Waals surface area (Å²) < 4.78 is 21.2. The number of halogens is 1. The summed E-state index contributed by atoms with van der Waals surface area (Å²) >= 11 is 5.20. The van der Waals surface area contributed by atoms with Crippen molar-refractivity contribution in [2.45, 2.75) is 31.3 Å². The van der Waals surface area contributed by atoms with Crippen LogP contribution in [0.4, 0.5) is 14.9 Å². The highest BCUT2D eigenvalue weighted by molar-refractivity contribution is 7.80. The number of rotatable bonds is 7. The van der Waals surface area contributed by atoms with E-state index in [1.165, 1.54) is 17.0 Å². The topological polar surface area (TPSA) is 94.1 Å². The number of anilines is 1. The molecule has 2 aliphatic heterocycles. The molecule has 2 amide bonds. The molecular weight excluding hydrogens is 471 g/mol. The molecule has 2 heterocycles. The van der Waals surface area contributed by atoms with Gasteiger partial charge in [-0.15, -0.1) is 0 Å². The van der Waals surface area contributed by atoms with Gasteiger partial charge < -0.3 is 25.4 Å². The maximum Gasteiger partial charge on any atom is 0.407 e. The summed E-state index contributed by atoms with van der Waals surface area (Å²) in [7, 11) is 0. The maximum atomic E-state index is 15.0. The second-order valence-corrected chi connectivity index (χ2v) is 9.40. The molecule has 0 radical (unpaired) electrons. The van der Waals surface area contributed by atoms with Crippen molar-refractivity contribution in [3.8, 4) is 5.75 Å². The van der Waals surface area contributed by atoms with Crippen LogP contribution in [0.25, 0.3) is 0 Å². The van der Waals surface area contributed by atoms with E-state index in [4.69, 9.17) is 17.0 Å². The van der Waals surface area contributed by atoms with Crippen molar-refractivity contribution in [2.24, 2.45) is 0 Å². The van der Waals surface area contributed by atoms with E-state index in [1.807, 2.05) is 30.3 Å². The van der Waals surface area contributed by atoms with E-state index in [-0.39, 0.29) is 23.2 Å². The van der Waals surface area contributed by atoms with Gasteiger partial charge in [0.25, 0.3) is 0 Å². The first-order valence-electron chi connectivity index (χ1n) is 11.7. The van der Waals surface area contributed by atoms with Gasteiger partial charge in [0.05, 0.1) is 6.42 Å². The van der Waals surface area contributed by atoms with Crippen LogP contribution in [0.15, 0.2) is 48.5 Å². The number of carbonyl (C=O) groups is 2. The number of amides is 2. The van der Waals surface area contributed by atoms with E-state index in [0.29, 0.717) is 38.2 Å². The van der Waals surface area contributed by atoms with Crippen LogP contribution in [-0.4, -0.2) is 70.3 Å². The van der Waals surface area contributed by atoms with E-state index >= 15 is 4.39 Å². The first kappa shape index (κ1) is 24.9. The molecule has 2 aromatic rings. The second kappa shape index (κ2) is 11.0. The average molecular weight is 501 g/mol. The molecule has 8 nitrogen and oxygen atoms in total. The molecule has 186 valence electrons. The van der Waals surface area contributed by atoms with Crippen LogP contribution < -0.4 is 15.4 Å². The maximum absolute atomic E-state index is 15.0. The number of hydrogen-bond donors (Lipinski definition) is 3. The van der Waals surface area contributed by atoms with Crippen molar-refractivity contribution in [1.82, 2.24) is 15.1 Å². The minimum atomic E-state index is -0.948. The Hall–Kier alpha value is -3.24. The van der Waals surface area contributed by atoms with Gasteiger partial charge in [-0.2, -0.15) is 0 Å². The molecule has 0 bridgehead atoms. The van der Waals surface area contributed by atoms with Gasteiger partial charge in [-0.25, -0.2) is 9.18 Å². The fraction of sp³-hybridized carbons (Fsp3) is 0.400. The predicted octanol–water partition coefficient (Wildman–Crippen LogP) is 3.48. The lowest BCUT2D eigenvalue weighted by Crippen LogP contribution is -2.57. The zero-order valence-electron chi connectivity index (χ0n) is 19.3. The summed E-state index contributed by atoms with van der Waals surface area (Å²) in [4.78, 5) is 27.1. The highest BCUT2D eigenvalue weighted by Gasteiger charge is 2.41. The van der Waals surface area contributed by atoms with E-state index in [1.54, 1.807) is 6.07 Å². The molecule has 0 spiro atoms. The number of likely N-dealkylation sites (tertiary alicyclic amines) is 2. The molecule has 2 aliphatic rings. The van der Waals surface area contributed by atoms with Crippen LogP contribution in [0.1, 0.15) is 24.8 Å². The molecule has 3 N–H and O–H groups in total. The molecule has 0 unspecified atom stereocenters. The Balaban J connectivity index is 1.36. The Morgan fingerprint density at radius 2 is 1.80 bits per heavy atom. The van der Waals surface area contributed by atoms with Gasteiger partial charge in [-0.1, -0.05) is 30.3 Å². The standard InChI is InChI=1S/C25H29FN4O4S/c26-20-16-19(27-23(35)28-22(31)15-18-5-2-1-3-6-18)7-8-21(20)34-25(17-29-11-4-12-29)9-13-30(14-10-25)24(32)33/h1-3,5-8,16H,4,9-15,17H2,(H,32,33)(H2,27,28,31,35). The normalized spacial score (nSPS) is 17.2. The van der Waals surface area contributed by atoms with Crippen LogP contribution in [0.5, 0.6) is 5.75 Å². The van der Waals surface area contributed by atoms with Gasteiger partial charge in [0.2, 0.25) is 5.91 Å². The fourth-order valence-electron chi connectivity index (χ4n) is 4.35. The van der Waals surface area contributed by atoms with Crippen LogP contribution in [0.3, 0.4) is 0 Å². The predicted molar refractivity (Wildman–Crippen MR) is 134 cm³/mol. The number of piperidine rings is 1. The van der Waals surface area contributed by atoms with Crippen LogP contribution >= 0.6 is 12.2 Å². The third-order valence-electron chi connectivity index (χ3n) is 6.38. The Labute approximate surface area is 209 Å². The number of carbonyl (C=O) groups excluding carboxylic acids is 1. The molecule has 4 rings (SSSR count). The summed E-state index contributed by atoms with van der Waals surface area (Å²) in [5.74, 6) is -0.717. The van der Waals surface area contributed by atoms with Crippen molar-refractivity contribution in [2.75, 3.05) is 38.0 Å². The summed E-state index contributed by atoms with van der Waals surface area (Å²) in [6, 6.07) is 13.7. The minimum absolute atomic E-state index is 0.0781. The van der Waals surface area contributed by atoms with Crippen molar-refractivity contribution in [3.05, 3.63) is 59.9 Å². The van der Waals surface area contributed by atoms with Gasteiger partial charge in [0, 0.05) is 44.2 Å². The van der Waals surface area contributed by atoms with E-state index < -0.39 is 17.5 Å². The number of carboxylic acid groups (broad SMARTS) is 1. The zero-order chi connectivity index (χ0) is 24.8. The van der Waals surface area contributed by atoms with Crippen LogP contribution in [0, 0.1) is 5.82 Å². The molecule has 35 heavy (non-hydrogen) atoms. The van der Waals surface area contributed by atoms with Gasteiger partial charge in [-0.3, -0.25) is 9.69 Å². The third kappa shape index (κ3) is 6.67. The molecule has 10 heteroatoms. The summed E-state index contributed by atoms with van der Waals surface area (Å²) in [5, 5.41) is 14.8. The SMILES string of the molecule is O=C(Cc1ccccc1)NC(=S)Nc1ccc(OC2(CN3CCC3)CCN(C(=O)O)CC2)c(F)c1. The monoisotopic (exact) mass is 500 g/mol. The molecule has 2 aromatic carbocycles. The minimum Gasteiger partial charge on any atom is -0.483 e. The molecule has 2 fully saturated rings. The average Bonchev–Trinajstić information content (AvgIpc) is 2.79. The molecule has 0 atom stereocenters. The van der Waals surface area contributed by atoms with Crippen LogP contribution in [-0.2, 0) is 11.2 Å². The lowest BCUT2D eigenvalue weighted by atomic mass is 9.89. The summed E-state index contributed by atoms with van der Waals surface area (Å²) in [6.45, 7) is 3.26. The number of nitrogens with one attached hydrogen (secondary N) is 2. The Kier molecular flexibility index (Phi) is 7.82. The lowest BCUT2D eigenvalue weighted by Gasteiger charge is -2.45. The highest BCUT2D eigenvalue weighted by Crippen LogP contribution is 2.33. The molecule has 2 saturated heterocycles. The Morgan fingerprint density at radius 1 is 1.09 bits per heavy atom. The largest absolute Gasteiger partial charge is 0.483 e. The van der Waals surface area contributed by atoms with Crippen molar-refractivity contribution in [3.63, 3.8) is 0 Å². The molecular formula is C25H29FN4O4S. The smallest absolute Gasteiger partial charge is 0.407 e. The Morgan fingerprint density at radius 3 is 2.40 bits per heavy atom. The number of ether oxygens (including phenoxy) is 1. The summed E-state index contributed by atoms with van der Waals surface area (Å²) in [5.41, 5.74) is 0.599. The Bertz CT molecular complexity index is 1070.